The van der Waals surface area contributed by atoms with Crippen LogP contribution in [0.5, 0.6) is 0 Å². The van der Waals surface area contributed by atoms with E-state index < -0.39 is 23.8 Å². The number of hydrogen-bond donors (Lipinski definition) is 3. The fourth-order valence-electron chi connectivity index (χ4n) is 6.25. The standard InChI is InChI=1S/C25H35N3O5/c29-23(26-33)22-16-20(19-10-14-28(15-11-19)25(31)32)6-7-21(22)24(30)27-12-8-18(9-13-27)17-4-2-1-3-5-17/h1-5,18-22,33H,6-16H2,(H,26,29)(H,31,32)/t20-,21+,22+/m1/s1. The van der Waals surface area contributed by atoms with Crippen LogP contribution < -0.4 is 5.48 Å². The molecule has 3 aliphatic rings. The minimum Gasteiger partial charge on any atom is -0.465 e. The zero-order valence-electron chi connectivity index (χ0n) is 19.1. The Balaban J connectivity index is 1.36. The van der Waals surface area contributed by atoms with Crippen molar-refractivity contribution in [1.29, 1.82) is 0 Å². The third-order valence-corrected chi connectivity index (χ3v) is 8.21. The quantitative estimate of drug-likeness (QED) is 0.475. The Hall–Kier alpha value is -2.61. The molecule has 2 aliphatic heterocycles. The largest absolute Gasteiger partial charge is 0.465 e. The Morgan fingerprint density at radius 2 is 1.42 bits per heavy atom. The van der Waals surface area contributed by atoms with Crippen molar-refractivity contribution in [1.82, 2.24) is 15.3 Å². The van der Waals surface area contributed by atoms with Crippen LogP contribution in [0.25, 0.3) is 0 Å². The molecular formula is C25H35N3O5. The predicted molar refractivity (Wildman–Crippen MR) is 122 cm³/mol. The van der Waals surface area contributed by atoms with Crippen molar-refractivity contribution >= 4 is 17.9 Å². The van der Waals surface area contributed by atoms with E-state index in [2.05, 4.69) is 24.3 Å². The molecule has 2 saturated heterocycles. The lowest BCUT2D eigenvalue weighted by Crippen LogP contribution is -2.49. The predicted octanol–water partition coefficient (Wildman–Crippen LogP) is 3.32. The molecule has 0 aromatic heterocycles. The van der Waals surface area contributed by atoms with E-state index in [0.717, 1.165) is 32.1 Å². The number of carbonyl (C=O) groups excluding carboxylic acids is 2. The topological polar surface area (TPSA) is 110 Å². The van der Waals surface area contributed by atoms with E-state index in [-0.39, 0.29) is 11.8 Å². The van der Waals surface area contributed by atoms with Gasteiger partial charge in [0.2, 0.25) is 11.8 Å². The number of amides is 3. The highest BCUT2D eigenvalue weighted by atomic mass is 16.5. The Bertz CT molecular complexity index is 832. The van der Waals surface area contributed by atoms with Crippen molar-refractivity contribution in [2.24, 2.45) is 23.7 Å². The number of nitrogens with zero attached hydrogens (tertiary/aromatic N) is 2. The Kier molecular flexibility index (Phi) is 7.53. The van der Waals surface area contributed by atoms with Crippen molar-refractivity contribution in [3.05, 3.63) is 35.9 Å². The summed E-state index contributed by atoms with van der Waals surface area (Å²) in [7, 11) is 0. The van der Waals surface area contributed by atoms with E-state index in [4.69, 9.17) is 0 Å². The van der Waals surface area contributed by atoms with Crippen LogP contribution in [0.2, 0.25) is 0 Å². The molecular weight excluding hydrogens is 422 g/mol. The molecule has 8 heteroatoms. The summed E-state index contributed by atoms with van der Waals surface area (Å²) in [6.07, 6.45) is 4.61. The first kappa shape index (κ1) is 23.5. The van der Waals surface area contributed by atoms with Gasteiger partial charge in [-0.15, -0.1) is 0 Å². The molecule has 0 spiro atoms. The molecule has 3 amide bonds. The average molecular weight is 458 g/mol. The summed E-state index contributed by atoms with van der Waals surface area (Å²) < 4.78 is 0. The molecule has 3 fully saturated rings. The maximum absolute atomic E-state index is 13.4. The van der Waals surface area contributed by atoms with Crippen LogP contribution in [-0.2, 0) is 9.59 Å². The number of carboxylic acid groups (broad SMARTS) is 1. The van der Waals surface area contributed by atoms with Crippen molar-refractivity contribution in [2.45, 2.75) is 50.9 Å². The van der Waals surface area contributed by atoms with Crippen LogP contribution in [0.1, 0.15) is 56.4 Å². The molecule has 1 aliphatic carbocycles. The number of hydrogen-bond acceptors (Lipinski definition) is 4. The van der Waals surface area contributed by atoms with Gasteiger partial charge in [-0.1, -0.05) is 30.3 Å². The highest BCUT2D eigenvalue weighted by molar-refractivity contribution is 5.87. The fraction of sp³-hybridized carbons (Fsp3) is 0.640. The van der Waals surface area contributed by atoms with E-state index >= 15 is 0 Å². The first-order valence-electron chi connectivity index (χ1n) is 12.2. The van der Waals surface area contributed by atoms with Crippen molar-refractivity contribution in [3.63, 3.8) is 0 Å². The van der Waals surface area contributed by atoms with Crippen LogP contribution in [0.3, 0.4) is 0 Å². The molecule has 3 N–H and O–H groups in total. The molecule has 0 bridgehead atoms. The first-order valence-corrected chi connectivity index (χ1v) is 12.2. The molecule has 1 aromatic rings. The summed E-state index contributed by atoms with van der Waals surface area (Å²) in [4.78, 5) is 40.5. The van der Waals surface area contributed by atoms with Gasteiger partial charge in [-0.25, -0.2) is 10.3 Å². The Morgan fingerprint density at radius 1 is 0.788 bits per heavy atom. The second kappa shape index (κ2) is 10.5. The fourth-order valence-corrected chi connectivity index (χ4v) is 6.25. The van der Waals surface area contributed by atoms with Gasteiger partial charge in [0.05, 0.1) is 5.92 Å². The van der Waals surface area contributed by atoms with Gasteiger partial charge in [0.1, 0.15) is 0 Å². The number of benzene rings is 1. The normalized spacial score (nSPS) is 27.2. The van der Waals surface area contributed by atoms with E-state index in [0.29, 0.717) is 50.9 Å². The minimum atomic E-state index is -0.878. The molecule has 0 radical (unpaired) electrons. The van der Waals surface area contributed by atoms with E-state index in [1.807, 2.05) is 11.0 Å². The average Bonchev–Trinajstić information content (AvgIpc) is 2.88. The number of hydroxylamine groups is 1. The van der Waals surface area contributed by atoms with Gasteiger partial charge < -0.3 is 14.9 Å². The van der Waals surface area contributed by atoms with E-state index in [9.17, 15) is 24.7 Å². The molecule has 2 heterocycles. The highest BCUT2D eigenvalue weighted by Gasteiger charge is 2.43. The third kappa shape index (κ3) is 5.32. The second-order valence-electron chi connectivity index (χ2n) is 9.88. The van der Waals surface area contributed by atoms with Gasteiger partial charge >= 0.3 is 6.09 Å². The first-order chi connectivity index (χ1) is 16.0. The van der Waals surface area contributed by atoms with E-state index in [1.165, 1.54) is 10.5 Å². The zero-order valence-corrected chi connectivity index (χ0v) is 19.1. The van der Waals surface area contributed by atoms with Crippen molar-refractivity contribution < 1.29 is 24.7 Å². The zero-order chi connectivity index (χ0) is 23.4. The summed E-state index contributed by atoms with van der Waals surface area (Å²) in [5.41, 5.74) is 3.12. The maximum atomic E-state index is 13.4. The van der Waals surface area contributed by atoms with Crippen molar-refractivity contribution in [3.8, 4) is 0 Å². The maximum Gasteiger partial charge on any atom is 0.407 e. The number of rotatable bonds is 4. The molecule has 4 rings (SSSR count). The number of likely N-dealkylation sites (tertiary alicyclic amines) is 2. The molecule has 1 aromatic carbocycles. The monoisotopic (exact) mass is 457 g/mol. The molecule has 0 unspecified atom stereocenters. The molecule has 1 saturated carbocycles. The summed E-state index contributed by atoms with van der Waals surface area (Å²) in [6, 6.07) is 10.4. The van der Waals surface area contributed by atoms with Crippen LogP contribution in [0.15, 0.2) is 30.3 Å². The SMILES string of the molecule is O=C(NO)[C@H]1C[C@H](C2CCN(C(=O)O)CC2)CC[C@@H]1C(=O)N1CCC(c2ccccc2)CC1. The molecule has 3 atom stereocenters. The lowest BCUT2D eigenvalue weighted by Gasteiger charge is -2.42. The van der Waals surface area contributed by atoms with Gasteiger partial charge in [0.25, 0.3) is 0 Å². The van der Waals surface area contributed by atoms with E-state index in [1.54, 1.807) is 5.48 Å². The lowest BCUT2D eigenvalue weighted by atomic mass is 9.67. The van der Waals surface area contributed by atoms with Crippen LogP contribution >= 0.6 is 0 Å². The second-order valence-corrected chi connectivity index (χ2v) is 9.88. The molecule has 180 valence electrons. The van der Waals surface area contributed by atoms with Crippen molar-refractivity contribution in [2.75, 3.05) is 26.2 Å². The van der Waals surface area contributed by atoms with Crippen LogP contribution in [-0.4, -0.2) is 64.2 Å². The summed E-state index contributed by atoms with van der Waals surface area (Å²) >= 11 is 0. The number of piperidine rings is 2. The minimum absolute atomic E-state index is 0.0364. The van der Waals surface area contributed by atoms with Gasteiger partial charge in [0, 0.05) is 32.1 Å². The van der Waals surface area contributed by atoms with Crippen LogP contribution in [0.4, 0.5) is 4.79 Å². The van der Waals surface area contributed by atoms with Gasteiger partial charge in [-0.3, -0.25) is 14.8 Å². The smallest absolute Gasteiger partial charge is 0.407 e. The van der Waals surface area contributed by atoms with Gasteiger partial charge in [0.15, 0.2) is 0 Å². The highest BCUT2D eigenvalue weighted by Crippen LogP contribution is 2.42. The molecule has 33 heavy (non-hydrogen) atoms. The number of nitrogens with one attached hydrogen (secondary N) is 1. The third-order valence-electron chi connectivity index (χ3n) is 8.21. The lowest BCUT2D eigenvalue weighted by molar-refractivity contribution is -0.149. The number of carbonyl (C=O) groups is 3. The Morgan fingerprint density at radius 3 is 2.03 bits per heavy atom. The van der Waals surface area contributed by atoms with Crippen LogP contribution in [0, 0.1) is 23.7 Å². The molecule has 8 nitrogen and oxygen atoms in total. The summed E-state index contributed by atoms with van der Waals surface area (Å²) in [5.74, 6) is -0.289. The van der Waals surface area contributed by atoms with Gasteiger partial charge in [-0.05, 0) is 68.3 Å². The Labute approximate surface area is 194 Å². The van der Waals surface area contributed by atoms with Gasteiger partial charge in [-0.2, -0.15) is 0 Å². The summed E-state index contributed by atoms with van der Waals surface area (Å²) in [6.45, 7) is 2.43. The summed E-state index contributed by atoms with van der Waals surface area (Å²) in [5, 5.41) is 18.5.